The first-order valence-corrected chi connectivity index (χ1v) is 7.75. The number of rotatable bonds is 5. The summed E-state index contributed by atoms with van der Waals surface area (Å²) in [6.45, 7) is 2.17. The van der Waals surface area contributed by atoms with Crippen LogP contribution >= 0.6 is 11.8 Å². The van der Waals surface area contributed by atoms with E-state index in [4.69, 9.17) is 5.26 Å². The zero-order valence-electron chi connectivity index (χ0n) is 11.3. The van der Waals surface area contributed by atoms with Crippen LogP contribution in [0.5, 0.6) is 0 Å². The van der Waals surface area contributed by atoms with Crippen LogP contribution in [0.3, 0.4) is 0 Å². The third kappa shape index (κ3) is 3.42. The topological polar surface area (TPSA) is 79.0 Å². The molecule has 0 spiro atoms. The first kappa shape index (κ1) is 14.7. The molecule has 2 unspecified atom stereocenters. The Bertz CT molecular complexity index is 542. The molecule has 5 nitrogen and oxygen atoms in total. The highest BCUT2D eigenvalue weighted by molar-refractivity contribution is 7.99. The van der Waals surface area contributed by atoms with Gasteiger partial charge >= 0.3 is 0 Å². The summed E-state index contributed by atoms with van der Waals surface area (Å²) in [6, 6.07) is 6.93. The van der Waals surface area contributed by atoms with Crippen molar-refractivity contribution in [2.24, 2.45) is 0 Å². The number of hydrogen-bond acceptors (Lipinski definition) is 5. The minimum atomic E-state index is -0.522. The molecule has 0 heterocycles. The van der Waals surface area contributed by atoms with Gasteiger partial charge in [0.1, 0.15) is 11.6 Å². The lowest BCUT2D eigenvalue weighted by Crippen LogP contribution is -2.16. The average molecular weight is 291 g/mol. The van der Waals surface area contributed by atoms with Crippen molar-refractivity contribution in [2.45, 2.75) is 37.5 Å². The Hall–Kier alpha value is -1.74. The zero-order chi connectivity index (χ0) is 14.5. The third-order valence-electron chi connectivity index (χ3n) is 3.47. The van der Waals surface area contributed by atoms with Gasteiger partial charge < -0.3 is 5.32 Å². The lowest BCUT2D eigenvalue weighted by atomic mass is 10.1. The second-order valence-electron chi connectivity index (χ2n) is 4.83. The second-order valence-corrected chi connectivity index (χ2v) is 6.41. The maximum Gasteiger partial charge on any atom is 0.287 e. The van der Waals surface area contributed by atoms with E-state index >= 15 is 0 Å². The lowest BCUT2D eigenvalue weighted by molar-refractivity contribution is -0.385. The minimum Gasteiger partial charge on any atom is -0.382 e. The lowest BCUT2D eigenvalue weighted by Gasteiger charge is -2.14. The summed E-state index contributed by atoms with van der Waals surface area (Å²) in [7, 11) is 0. The van der Waals surface area contributed by atoms with E-state index in [0.717, 1.165) is 24.3 Å². The van der Waals surface area contributed by atoms with Gasteiger partial charge in [0.05, 0.1) is 4.92 Å². The third-order valence-corrected chi connectivity index (χ3v) is 4.70. The second kappa shape index (κ2) is 6.62. The summed E-state index contributed by atoms with van der Waals surface area (Å²) < 4.78 is 0. The van der Waals surface area contributed by atoms with Gasteiger partial charge in [0.2, 0.25) is 0 Å². The minimum absolute atomic E-state index is 0.109. The van der Waals surface area contributed by atoms with E-state index in [1.807, 2.05) is 17.8 Å². The van der Waals surface area contributed by atoms with Crippen molar-refractivity contribution in [3.63, 3.8) is 0 Å². The van der Waals surface area contributed by atoms with Crippen molar-refractivity contribution in [3.05, 3.63) is 33.9 Å². The zero-order valence-corrected chi connectivity index (χ0v) is 12.2. The van der Waals surface area contributed by atoms with E-state index in [-0.39, 0.29) is 11.3 Å². The Morgan fingerprint density at radius 1 is 1.55 bits per heavy atom. The largest absolute Gasteiger partial charge is 0.382 e. The fourth-order valence-corrected chi connectivity index (χ4v) is 3.71. The van der Waals surface area contributed by atoms with Crippen molar-refractivity contribution >= 4 is 23.1 Å². The van der Waals surface area contributed by atoms with E-state index in [2.05, 4.69) is 12.2 Å². The molecular weight excluding hydrogens is 274 g/mol. The number of nitrogens with one attached hydrogen (secondary N) is 1. The molecule has 20 heavy (non-hydrogen) atoms. The van der Waals surface area contributed by atoms with Gasteiger partial charge in [-0.2, -0.15) is 17.0 Å². The van der Waals surface area contributed by atoms with Gasteiger partial charge in [-0.3, -0.25) is 10.1 Å². The van der Waals surface area contributed by atoms with Crippen molar-refractivity contribution in [1.29, 1.82) is 5.26 Å². The highest BCUT2D eigenvalue weighted by Crippen LogP contribution is 2.32. The monoisotopic (exact) mass is 291 g/mol. The van der Waals surface area contributed by atoms with E-state index in [1.54, 1.807) is 12.1 Å². The number of benzene rings is 1. The first-order chi connectivity index (χ1) is 9.63. The summed E-state index contributed by atoms with van der Waals surface area (Å²) in [5.41, 5.74) is 0.765. The Morgan fingerprint density at radius 2 is 2.35 bits per heavy atom. The highest BCUT2D eigenvalue weighted by Gasteiger charge is 2.24. The van der Waals surface area contributed by atoms with Crippen molar-refractivity contribution < 1.29 is 4.92 Å². The van der Waals surface area contributed by atoms with Crippen LogP contribution in [0.2, 0.25) is 0 Å². The summed E-state index contributed by atoms with van der Waals surface area (Å²) >= 11 is 1.99. The molecule has 0 saturated heterocycles. The Balaban J connectivity index is 2.04. The molecule has 0 aliphatic heterocycles. The van der Waals surface area contributed by atoms with Gasteiger partial charge in [0, 0.05) is 23.0 Å². The molecule has 1 N–H and O–H groups in total. The van der Waals surface area contributed by atoms with Gasteiger partial charge in [-0.25, -0.2) is 0 Å². The van der Waals surface area contributed by atoms with E-state index in [1.165, 1.54) is 12.5 Å². The van der Waals surface area contributed by atoms with E-state index < -0.39 is 4.92 Å². The number of hydrogen-bond donors (Lipinski definition) is 1. The van der Waals surface area contributed by atoms with Crippen LogP contribution in [0.15, 0.2) is 18.2 Å². The van der Waals surface area contributed by atoms with Crippen molar-refractivity contribution in [3.8, 4) is 6.07 Å². The normalized spacial score (nSPS) is 21.4. The molecule has 0 amide bonds. The molecule has 1 aliphatic rings. The van der Waals surface area contributed by atoms with Crippen LogP contribution in [0.25, 0.3) is 0 Å². The molecule has 2 rings (SSSR count). The molecule has 2 atom stereocenters. The number of nitro benzene ring substituents is 1. The number of thioether (sulfide) groups is 1. The van der Waals surface area contributed by atoms with Gasteiger partial charge in [-0.05, 0) is 37.1 Å². The summed E-state index contributed by atoms with van der Waals surface area (Å²) in [5.74, 6) is 1.13. The maximum absolute atomic E-state index is 10.8. The highest BCUT2D eigenvalue weighted by atomic mass is 32.2. The van der Waals surface area contributed by atoms with Crippen molar-refractivity contribution in [2.75, 3.05) is 11.1 Å². The Kier molecular flexibility index (Phi) is 4.85. The van der Waals surface area contributed by atoms with E-state index in [9.17, 15) is 10.1 Å². The fourth-order valence-electron chi connectivity index (χ4n) is 2.57. The summed E-state index contributed by atoms with van der Waals surface area (Å²) in [4.78, 5) is 10.3. The molecule has 0 aromatic heterocycles. The molecule has 0 bridgehead atoms. The molecule has 1 aromatic carbocycles. The van der Waals surface area contributed by atoms with Crippen LogP contribution in [0, 0.1) is 21.4 Å². The van der Waals surface area contributed by atoms with Crippen LogP contribution < -0.4 is 5.32 Å². The maximum atomic E-state index is 10.8. The first-order valence-electron chi connectivity index (χ1n) is 6.70. The quantitative estimate of drug-likeness (QED) is 0.663. The molecule has 1 saturated carbocycles. The predicted molar refractivity (Wildman–Crippen MR) is 81.0 cm³/mol. The smallest absolute Gasteiger partial charge is 0.287 e. The molecular formula is C14H17N3O2S. The van der Waals surface area contributed by atoms with Gasteiger partial charge in [0.25, 0.3) is 5.69 Å². The van der Waals surface area contributed by atoms with Gasteiger partial charge in [-0.1, -0.05) is 6.92 Å². The SMILES string of the molecule is CCSC1CCC(Nc2ccc([N+](=O)[O-])c(C#N)c2)C1. The number of nitriles is 1. The Labute approximate surface area is 122 Å². The molecule has 106 valence electrons. The van der Waals surface area contributed by atoms with Crippen LogP contribution in [0.4, 0.5) is 11.4 Å². The van der Waals surface area contributed by atoms with Crippen LogP contribution in [-0.4, -0.2) is 22.0 Å². The van der Waals surface area contributed by atoms with Crippen LogP contribution in [-0.2, 0) is 0 Å². The molecule has 6 heteroatoms. The molecule has 1 aromatic rings. The standard InChI is InChI=1S/C14H17N3O2S/c1-2-20-13-5-3-12(8-13)16-11-4-6-14(17(18)19)10(7-11)9-15/h4,6-7,12-13,16H,2-3,5,8H2,1H3. The Morgan fingerprint density at radius 3 is 3.00 bits per heavy atom. The summed E-state index contributed by atoms with van der Waals surface area (Å²) in [6.07, 6.45) is 3.42. The molecule has 0 radical (unpaired) electrons. The fraction of sp³-hybridized carbons (Fsp3) is 0.500. The molecule has 1 fully saturated rings. The number of anilines is 1. The summed E-state index contributed by atoms with van der Waals surface area (Å²) in [5, 5.41) is 23.8. The van der Waals surface area contributed by atoms with Gasteiger partial charge in [0.15, 0.2) is 0 Å². The molecule has 1 aliphatic carbocycles. The van der Waals surface area contributed by atoms with Crippen molar-refractivity contribution in [1.82, 2.24) is 0 Å². The van der Waals surface area contributed by atoms with Crippen LogP contribution in [0.1, 0.15) is 31.7 Å². The number of nitrogens with zero attached hydrogens (tertiary/aromatic N) is 2. The predicted octanol–water partition coefficient (Wildman–Crippen LogP) is 3.55. The van der Waals surface area contributed by atoms with Gasteiger partial charge in [-0.15, -0.1) is 0 Å². The number of nitro groups is 1. The average Bonchev–Trinajstić information content (AvgIpc) is 2.86. The van der Waals surface area contributed by atoms with E-state index in [0.29, 0.717) is 11.3 Å².